The number of carboxylic acid groups (broad SMARTS) is 1. The van der Waals surface area contributed by atoms with Gasteiger partial charge >= 0.3 is 5.97 Å². The number of aryl methyl sites for hydroxylation is 1. The Morgan fingerprint density at radius 1 is 1.19 bits per heavy atom. The number of aliphatic carboxylic acids is 1. The molecular formula is C30H32N6O6. The molecule has 42 heavy (non-hydrogen) atoms. The molecular weight excluding hydrogens is 540 g/mol. The van der Waals surface area contributed by atoms with Crippen LogP contribution in [0.15, 0.2) is 30.5 Å². The highest BCUT2D eigenvalue weighted by Gasteiger charge is 2.49. The Kier molecular flexibility index (Phi) is 7.62. The first-order chi connectivity index (χ1) is 20.4. The number of amides is 1. The predicted octanol–water partition coefficient (Wildman–Crippen LogP) is 3.28. The van der Waals surface area contributed by atoms with E-state index in [2.05, 4.69) is 31.7 Å². The molecule has 3 aromatic heterocycles. The van der Waals surface area contributed by atoms with E-state index in [4.69, 9.17) is 19.3 Å². The molecule has 4 aliphatic rings. The summed E-state index contributed by atoms with van der Waals surface area (Å²) in [4.78, 5) is 36.0. The SMILES string of the molecule is N#Cc1cnc2ccc(OCCCC(=O)O)nc2c1CCC12CCC(NCc3ccc4c(n3)NC(=O)CO4)(CC1)CO2. The zero-order valence-corrected chi connectivity index (χ0v) is 23.1. The second-order valence-electron chi connectivity index (χ2n) is 11.2. The Hall–Kier alpha value is -4.34. The summed E-state index contributed by atoms with van der Waals surface area (Å²) in [5, 5.41) is 25.1. The number of rotatable bonds is 11. The number of fused-ring (bicyclic) bond motifs is 5. The molecule has 7 rings (SSSR count). The van der Waals surface area contributed by atoms with Crippen LogP contribution in [0.3, 0.4) is 0 Å². The van der Waals surface area contributed by atoms with Crippen LogP contribution in [-0.4, -0.2) is 62.9 Å². The van der Waals surface area contributed by atoms with E-state index in [9.17, 15) is 14.9 Å². The lowest BCUT2D eigenvalue weighted by Crippen LogP contribution is -2.61. The van der Waals surface area contributed by atoms with E-state index in [-0.39, 0.29) is 36.7 Å². The van der Waals surface area contributed by atoms with Gasteiger partial charge in [-0.2, -0.15) is 5.26 Å². The maximum Gasteiger partial charge on any atom is 0.303 e. The number of hydrogen-bond donors (Lipinski definition) is 3. The summed E-state index contributed by atoms with van der Waals surface area (Å²) < 4.78 is 17.6. The van der Waals surface area contributed by atoms with Gasteiger partial charge in [0.1, 0.15) is 6.07 Å². The van der Waals surface area contributed by atoms with E-state index in [0.29, 0.717) is 60.0 Å². The zero-order chi connectivity index (χ0) is 29.2. The van der Waals surface area contributed by atoms with Crippen LogP contribution in [-0.2, 0) is 27.3 Å². The summed E-state index contributed by atoms with van der Waals surface area (Å²) in [6, 6.07) is 9.53. The number of aromatic nitrogens is 3. The number of pyridine rings is 3. The van der Waals surface area contributed by atoms with Crippen molar-refractivity contribution in [2.45, 2.75) is 69.1 Å². The van der Waals surface area contributed by atoms with Crippen molar-refractivity contribution < 1.29 is 28.9 Å². The average molecular weight is 573 g/mol. The van der Waals surface area contributed by atoms with Crippen LogP contribution >= 0.6 is 0 Å². The number of carbonyl (C=O) groups is 2. The van der Waals surface area contributed by atoms with Crippen LogP contribution in [0.5, 0.6) is 11.6 Å². The van der Waals surface area contributed by atoms with Crippen molar-refractivity contribution in [2.24, 2.45) is 0 Å². The van der Waals surface area contributed by atoms with E-state index in [1.54, 1.807) is 12.3 Å². The Balaban J connectivity index is 1.09. The quantitative estimate of drug-likeness (QED) is 0.288. The molecule has 218 valence electrons. The Bertz CT molecular complexity index is 1550. The number of carboxylic acids is 1. The summed E-state index contributed by atoms with van der Waals surface area (Å²) in [5.74, 6) is 0.346. The number of nitriles is 1. The van der Waals surface area contributed by atoms with Crippen LogP contribution in [0, 0.1) is 11.3 Å². The normalized spacial score (nSPS) is 22.6. The third kappa shape index (κ3) is 5.84. The van der Waals surface area contributed by atoms with Crippen molar-refractivity contribution in [1.29, 1.82) is 5.26 Å². The van der Waals surface area contributed by atoms with Crippen LogP contribution in [0.4, 0.5) is 5.82 Å². The maximum absolute atomic E-state index is 11.6. The minimum atomic E-state index is -0.867. The van der Waals surface area contributed by atoms with Crippen LogP contribution in [0.1, 0.15) is 61.8 Å². The minimum absolute atomic E-state index is 0.00579. The van der Waals surface area contributed by atoms with E-state index in [1.807, 2.05) is 18.2 Å². The minimum Gasteiger partial charge on any atom is -0.481 e. The fraction of sp³-hybridized carbons (Fsp3) is 0.467. The van der Waals surface area contributed by atoms with Gasteiger partial charge in [-0.15, -0.1) is 0 Å². The Morgan fingerprint density at radius 2 is 2.05 bits per heavy atom. The third-order valence-electron chi connectivity index (χ3n) is 8.48. The molecule has 0 radical (unpaired) electrons. The zero-order valence-electron chi connectivity index (χ0n) is 23.1. The summed E-state index contributed by atoms with van der Waals surface area (Å²) in [6.07, 6.45) is 7.10. The van der Waals surface area contributed by atoms with Crippen LogP contribution in [0.25, 0.3) is 11.0 Å². The van der Waals surface area contributed by atoms with Crippen LogP contribution in [0.2, 0.25) is 0 Å². The monoisotopic (exact) mass is 572 g/mol. The highest BCUT2D eigenvalue weighted by molar-refractivity contribution is 5.94. The molecule has 3 fully saturated rings. The smallest absolute Gasteiger partial charge is 0.303 e. The number of ether oxygens (including phenoxy) is 3. The lowest BCUT2D eigenvalue weighted by molar-refractivity contribution is -0.165. The van der Waals surface area contributed by atoms with Gasteiger partial charge in [0.25, 0.3) is 5.91 Å². The molecule has 0 aromatic carbocycles. The van der Waals surface area contributed by atoms with Gasteiger partial charge in [0.05, 0.1) is 41.1 Å². The van der Waals surface area contributed by atoms with E-state index >= 15 is 0 Å². The van der Waals surface area contributed by atoms with E-state index < -0.39 is 5.97 Å². The molecule has 12 nitrogen and oxygen atoms in total. The molecule has 1 amide bonds. The first-order valence-corrected chi connectivity index (χ1v) is 14.2. The molecule has 3 aromatic rings. The molecule has 0 atom stereocenters. The molecule has 0 spiro atoms. The molecule has 2 saturated heterocycles. The van der Waals surface area contributed by atoms with Crippen molar-refractivity contribution in [1.82, 2.24) is 20.3 Å². The lowest BCUT2D eigenvalue weighted by Gasteiger charge is -2.53. The maximum atomic E-state index is 11.6. The first-order valence-electron chi connectivity index (χ1n) is 14.2. The fourth-order valence-corrected chi connectivity index (χ4v) is 5.98. The van der Waals surface area contributed by atoms with E-state index in [1.165, 1.54) is 0 Å². The Labute approximate surface area is 242 Å². The molecule has 0 unspecified atom stereocenters. The average Bonchev–Trinajstić information content (AvgIpc) is 3.01. The van der Waals surface area contributed by atoms with Gasteiger partial charge in [0, 0.05) is 30.8 Å². The molecule has 1 aliphatic carbocycles. The van der Waals surface area contributed by atoms with Gasteiger partial charge in [-0.05, 0) is 68.7 Å². The van der Waals surface area contributed by atoms with Crippen molar-refractivity contribution in [3.05, 3.63) is 47.3 Å². The number of anilines is 1. The van der Waals surface area contributed by atoms with Gasteiger partial charge in [0.15, 0.2) is 18.2 Å². The lowest BCUT2D eigenvalue weighted by atomic mass is 9.69. The number of hydrogen-bond acceptors (Lipinski definition) is 10. The fourth-order valence-electron chi connectivity index (χ4n) is 5.98. The molecule has 3 N–H and O–H groups in total. The van der Waals surface area contributed by atoms with E-state index in [0.717, 1.165) is 43.4 Å². The topological polar surface area (TPSA) is 169 Å². The van der Waals surface area contributed by atoms with Gasteiger partial charge in [-0.1, -0.05) is 0 Å². The molecule has 6 heterocycles. The van der Waals surface area contributed by atoms with Gasteiger partial charge in [0.2, 0.25) is 5.88 Å². The van der Waals surface area contributed by atoms with Crippen molar-refractivity contribution >= 4 is 28.7 Å². The second kappa shape index (κ2) is 11.5. The summed E-state index contributed by atoms with van der Waals surface area (Å²) in [6.45, 7) is 1.39. The summed E-state index contributed by atoms with van der Waals surface area (Å²) >= 11 is 0. The second-order valence-corrected chi connectivity index (χ2v) is 11.2. The molecule has 12 heteroatoms. The molecule has 2 bridgehead atoms. The van der Waals surface area contributed by atoms with Gasteiger partial charge in [-0.25, -0.2) is 9.97 Å². The van der Waals surface area contributed by atoms with Crippen molar-refractivity contribution in [2.75, 3.05) is 25.1 Å². The molecule has 1 saturated carbocycles. The van der Waals surface area contributed by atoms with Crippen LogP contribution < -0.4 is 20.1 Å². The molecule has 3 aliphatic heterocycles. The Morgan fingerprint density at radius 3 is 2.81 bits per heavy atom. The number of carbonyl (C=O) groups excluding carboxylic acids is 1. The summed E-state index contributed by atoms with van der Waals surface area (Å²) in [5.41, 5.74) is 3.04. The predicted molar refractivity (Wildman–Crippen MR) is 150 cm³/mol. The highest BCUT2D eigenvalue weighted by atomic mass is 16.5. The third-order valence-corrected chi connectivity index (χ3v) is 8.48. The highest BCUT2D eigenvalue weighted by Crippen LogP contribution is 2.46. The largest absolute Gasteiger partial charge is 0.481 e. The summed E-state index contributed by atoms with van der Waals surface area (Å²) in [7, 11) is 0. The van der Waals surface area contributed by atoms with Gasteiger partial charge < -0.3 is 30.0 Å². The van der Waals surface area contributed by atoms with Gasteiger partial charge in [-0.3, -0.25) is 14.6 Å². The number of nitrogens with one attached hydrogen (secondary N) is 2. The van der Waals surface area contributed by atoms with Crippen molar-refractivity contribution in [3.8, 4) is 17.7 Å². The van der Waals surface area contributed by atoms with Crippen molar-refractivity contribution in [3.63, 3.8) is 0 Å². The number of nitrogens with zero attached hydrogens (tertiary/aromatic N) is 4. The standard InChI is InChI=1S/C30H32N6O6/c31-14-19-15-32-22-4-6-25(40-13-1-2-26(38)39)36-27(22)21(19)7-8-30-11-9-29(10-12-30,18-42-30)33-16-20-3-5-23-28(34-20)35-24(37)17-41-23/h3-6,15,33H,1-2,7-13,16-18H2,(H,38,39)(H,34,35,37). The first kappa shape index (κ1) is 27.8.